The molecule has 0 aliphatic rings. The first-order valence-corrected chi connectivity index (χ1v) is 9.65. The molecule has 0 saturated heterocycles. The van der Waals surface area contributed by atoms with Crippen LogP contribution < -0.4 is 10.1 Å². The standard InChI is InChI=1S/C19H23NO4S/c1-14(2)25(22,23)17-10-8-16(9-11-17)19(21)20-13-12-15-6-4-5-7-18(15)24-3/h4-11,14H,12-13H2,1-3H3,(H,20,21). The third-order valence-corrected chi connectivity index (χ3v) is 6.11. The van der Waals surface area contributed by atoms with E-state index in [1.165, 1.54) is 24.3 Å². The van der Waals surface area contributed by atoms with Crippen molar-refractivity contribution >= 4 is 15.7 Å². The average molecular weight is 361 g/mol. The predicted octanol–water partition coefficient (Wildman–Crippen LogP) is 2.85. The van der Waals surface area contributed by atoms with Crippen LogP contribution >= 0.6 is 0 Å². The molecule has 1 N–H and O–H groups in total. The Bertz CT molecular complexity index is 827. The van der Waals surface area contributed by atoms with Gasteiger partial charge in [0.1, 0.15) is 5.75 Å². The number of amides is 1. The number of sulfone groups is 1. The van der Waals surface area contributed by atoms with Crippen molar-refractivity contribution in [3.63, 3.8) is 0 Å². The van der Waals surface area contributed by atoms with E-state index in [2.05, 4.69) is 5.32 Å². The lowest BCUT2D eigenvalue weighted by molar-refractivity contribution is 0.0954. The molecule has 0 aromatic heterocycles. The Hall–Kier alpha value is -2.34. The van der Waals surface area contributed by atoms with Crippen molar-refractivity contribution in [3.05, 3.63) is 59.7 Å². The Morgan fingerprint density at radius 1 is 1.08 bits per heavy atom. The van der Waals surface area contributed by atoms with Crippen molar-refractivity contribution < 1.29 is 17.9 Å². The normalized spacial score (nSPS) is 11.4. The molecule has 0 fully saturated rings. The van der Waals surface area contributed by atoms with Gasteiger partial charge in [-0.25, -0.2) is 8.42 Å². The lowest BCUT2D eigenvalue weighted by Gasteiger charge is -2.10. The van der Waals surface area contributed by atoms with Crippen molar-refractivity contribution in [1.29, 1.82) is 0 Å². The number of ether oxygens (including phenoxy) is 1. The molecule has 0 spiro atoms. The Balaban J connectivity index is 1.97. The molecule has 2 aromatic rings. The predicted molar refractivity (Wildman–Crippen MR) is 97.8 cm³/mol. The molecular formula is C19H23NO4S. The zero-order valence-corrected chi connectivity index (χ0v) is 15.5. The third-order valence-electron chi connectivity index (χ3n) is 3.94. The second-order valence-corrected chi connectivity index (χ2v) is 8.44. The summed E-state index contributed by atoms with van der Waals surface area (Å²) in [6, 6.07) is 13.7. The highest BCUT2D eigenvalue weighted by Crippen LogP contribution is 2.18. The van der Waals surface area contributed by atoms with Gasteiger partial charge in [-0.2, -0.15) is 0 Å². The maximum Gasteiger partial charge on any atom is 0.251 e. The molecular weight excluding hydrogens is 338 g/mol. The SMILES string of the molecule is COc1ccccc1CCNC(=O)c1ccc(S(=O)(=O)C(C)C)cc1. The molecule has 2 rings (SSSR count). The second-order valence-electron chi connectivity index (χ2n) is 5.94. The molecule has 5 nitrogen and oxygen atoms in total. The summed E-state index contributed by atoms with van der Waals surface area (Å²) < 4.78 is 29.5. The summed E-state index contributed by atoms with van der Waals surface area (Å²) in [4.78, 5) is 12.4. The fourth-order valence-electron chi connectivity index (χ4n) is 2.39. The maximum absolute atomic E-state index is 12.2. The van der Waals surface area contributed by atoms with Gasteiger partial charge in [-0.05, 0) is 56.2 Å². The number of nitrogens with one attached hydrogen (secondary N) is 1. The lowest BCUT2D eigenvalue weighted by Crippen LogP contribution is -2.25. The van der Waals surface area contributed by atoms with Crippen LogP contribution in [-0.4, -0.2) is 33.2 Å². The number of methoxy groups -OCH3 is 1. The summed E-state index contributed by atoms with van der Waals surface area (Å²) in [5.74, 6) is 0.559. The molecule has 0 radical (unpaired) electrons. The first-order valence-electron chi connectivity index (χ1n) is 8.10. The van der Waals surface area contributed by atoms with Crippen LogP contribution in [0.3, 0.4) is 0 Å². The summed E-state index contributed by atoms with van der Waals surface area (Å²) in [5.41, 5.74) is 1.45. The van der Waals surface area contributed by atoms with Crippen molar-refractivity contribution in [3.8, 4) is 5.75 Å². The average Bonchev–Trinajstić information content (AvgIpc) is 2.62. The molecule has 0 unspecified atom stereocenters. The molecule has 6 heteroatoms. The van der Waals surface area contributed by atoms with Gasteiger partial charge in [0.2, 0.25) is 0 Å². The molecule has 0 aliphatic heterocycles. The van der Waals surface area contributed by atoms with E-state index in [1.54, 1.807) is 21.0 Å². The number of para-hydroxylation sites is 1. The van der Waals surface area contributed by atoms with Crippen LogP contribution in [0.25, 0.3) is 0 Å². The van der Waals surface area contributed by atoms with Gasteiger partial charge >= 0.3 is 0 Å². The monoisotopic (exact) mass is 361 g/mol. The van der Waals surface area contributed by atoms with Gasteiger partial charge in [0.25, 0.3) is 5.91 Å². The minimum absolute atomic E-state index is 0.230. The van der Waals surface area contributed by atoms with Gasteiger partial charge in [-0.3, -0.25) is 4.79 Å². The topological polar surface area (TPSA) is 72.5 Å². The first-order chi connectivity index (χ1) is 11.9. The van der Waals surface area contributed by atoms with Gasteiger partial charge in [0.05, 0.1) is 17.3 Å². The Kier molecular flexibility index (Phi) is 6.20. The minimum atomic E-state index is -3.33. The van der Waals surface area contributed by atoms with Gasteiger partial charge in [0, 0.05) is 12.1 Å². The molecule has 2 aromatic carbocycles. The van der Waals surface area contributed by atoms with Gasteiger partial charge in [-0.1, -0.05) is 18.2 Å². The van der Waals surface area contributed by atoms with Crippen LogP contribution in [0.15, 0.2) is 53.4 Å². The van der Waals surface area contributed by atoms with Gasteiger partial charge in [-0.15, -0.1) is 0 Å². The largest absolute Gasteiger partial charge is 0.496 e. The number of hydrogen-bond acceptors (Lipinski definition) is 4. The number of rotatable bonds is 7. The van der Waals surface area contributed by atoms with Crippen LogP contribution in [0.4, 0.5) is 0 Å². The summed E-state index contributed by atoms with van der Waals surface area (Å²) in [6.45, 7) is 3.73. The molecule has 0 aliphatic carbocycles. The van der Waals surface area contributed by atoms with E-state index >= 15 is 0 Å². The Morgan fingerprint density at radius 3 is 2.32 bits per heavy atom. The van der Waals surface area contributed by atoms with Crippen LogP contribution in [-0.2, 0) is 16.3 Å². The molecule has 0 atom stereocenters. The zero-order valence-electron chi connectivity index (χ0n) is 14.7. The molecule has 134 valence electrons. The smallest absolute Gasteiger partial charge is 0.251 e. The second kappa shape index (κ2) is 8.16. The quantitative estimate of drug-likeness (QED) is 0.823. The van der Waals surface area contributed by atoms with Crippen LogP contribution in [0, 0.1) is 0 Å². The van der Waals surface area contributed by atoms with Crippen molar-refractivity contribution in [2.75, 3.05) is 13.7 Å². The molecule has 0 heterocycles. The van der Waals surface area contributed by atoms with Gasteiger partial charge in [0.15, 0.2) is 9.84 Å². The first kappa shape index (κ1) is 19.0. The highest BCUT2D eigenvalue weighted by atomic mass is 32.2. The number of hydrogen-bond donors (Lipinski definition) is 1. The van der Waals surface area contributed by atoms with E-state index in [9.17, 15) is 13.2 Å². The molecule has 0 bridgehead atoms. The third kappa shape index (κ3) is 4.60. The summed E-state index contributed by atoms with van der Waals surface area (Å²) in [7, 11) is -1.71. The van der Waals surface area contributed by atoms with Crippen molar-refractivity contribution in [2.24, 2.45) is 0 Å². The van der Waals surface area contributed by atoms with E-state index in [1.807, 2.05) is 24.3 Å². The Labute approximate surface area is 148 Å². The van der Waals surface area contributed by atoms with Crippen molar-refractivity contribution in [1.82, 2.24) is 5.32 Å². The molecule has 1 amide bonds. The Morgan fingerprint density at radius 2 is 1.72 bits per heavy atom. The zero-order chi connectivity index (χ0) is 18.4. The van der Waals surface area contributed by atoms with Crippen LogP contribution in [0.2, 0.25) is 0 Å². The summed E-state index contributed by atoms with van der Waals surface area (Å²) in [5, 5.41) is 2.34. The highest BCUT2D eigenvalue weighted by Gasteiger charge is 2.19. The van der Waals surface area contributed by atoms with Crippen LogP contribution in [0.5, 0.6) is 5.75 Å². The van der Waals surface area contributed by atoms with E-state index < -0.39 is 15.1 Å². The van der Waals surface area contributed by atoms with E-state index in [-0.39, 0.29) is 10.8 Å². The van der Waals surface area contributed by atoms with E-state index in [0.29, 0.717) is 18.5 Å². The fourth-order valence-corrected chi connectivity index (χ4v) is 3.45. The van der Waals surface area contributed by atoms with Gasteiger partial charge < -0.3 is 10.1 Å². The summed E-state index contributed by atoms with van der Waals surface area (Å²) in [6.07, 6.45) is 0.648. The minimum Gasteiger partial charge on any atom is -0.496 e. The van der Waals surface area contributed by atoms with Crippen LogP contribution in [0.1, 0.15) is 29.8 Å². The maximum atomic E-state index is 12.2. The molecule has 0 saturated carbocycles. The number of carbonyl (C=O) groups excluding carboxylic acids is 1. The lowest BCUT2D eigenvalue weighted by atomic mass is 10.1. The number of carbonyl (C=O) groups is 1. The van der Waals surface area contributed by atoms with E-state index in [0.717, 1.165) is 11.3 Å². The van der Waals surface area contributed by atoms with Crippen molar-refractivity contribution in [2.45, 2.75) is 30.4 Å². The fraction of sp³-hybridized carbons (Fsp3) is 0.316. The number of benzene rings is 2. The van der Waals surface area contributed by atoms with E-state index in [4.69, 9.17) is 4.74 Å². The highest BCUT2D eigenvalue weighted by molar-refractivity contribution is 7.92. The summed E-state index contributed by atoms with van der Waals surface area (Å²) >= 11 is 0. The molecule has 25 heavy (non-hydrogen) atoms.